The van der Waals surface area contributed by atoms with E-state index in [1.165, 1.54) is 35.8 Å². The second-order valence-electron chi connectivity index (χ2n) is 3.66. The van der Waals surface area contributed by atoms with E-state index in [1.54, 1.807) is 6.92 Å². The molecule has 0 unspecified atom stereocenters. The van der Waals surface area contributed by atoms with Crippen LogP contribution in [0, 0.1) is 6.92 Å². The lowest BCUT2D eigenvalue weighted by Crippen LogP contribution is -2.15. The molecule has 0 spiro atoms. The Hall–Kier alpha value is -1.84. The summed E-state index contributed by atoms with van der Waals surface area (Å²) in [6.45, 7) is 1.77. The molecule has 2 aromatic rings. The number of carbonyl (C=O) groups is 1. The average molecular weight is 298 g/mol. The maximum Gasteiger partial charge on any atom is 0.258 e. The first-order valence-corrected chi connectivity index (χ1v) is 7.43. The molecule has 1 aromatic heterocycles. The Morgan fingerprint density at radius 1 is 1.32 bits per heavy atom. The number of rotatable bonds is 3. The van der Waals surface area contributed by atoms with Crippen molar-refractivity contribution >= 4 is 33.4 Å². The van der Waals surface area contributed by atoms with Crippen molar-refractivity contribution < 1.29 is 13.2 Å². The number of sulfonamides is 1. The number of nitrogens with one attached hydrogen (secondary N) is 1. The van der Waals surface area contributed by atoms with Gasteiger partial charge in [0.2, 0.25) is 16.0 Å². The number of nitrogens with two attached hydrogens (primary N) is 1. The quantitative estimate of drug-likeness (QED) is 0.867. The van der Waals surface area contributed by atoms with Crippen molar-refractivity contribution in [1.29, 1.82) is 0 Å². The second kappa shape index (κ2) is 5.03. The molecule has 0 aliphatic heterocycles. The van der Waals surface area contributed by atoms with Gasteiger partial charge in [0.25, 0.3) is 5.91 Å². The number of hydrogen-bond acceptors (Lipinski definition) is 6. The summed E-state index contributed by atoms with van der Waals surface area (Å²) in [7, 11) is -3.76. The van der Waals surface area contributed by atoms with Crippen LogP contribution in [0.15, 0.2) is 29.2 Å². The predicted octanol–water partition coefficient (Wildman–Crippen LogP) is 0.746. The van der Waals surface area contributed by atoms with Gasteiger partial charge >= 0.3 is 0 Å². The Balaban J connectivity index is 2.16. The third kappa shape index (κ3) is 3.34. The molecule has 1 heterocycles. The van der Waals surface area contributed by atoms with E-state index >= 15 is 0 Å². The Labute approximate surface area is 113 Å². The maximum absolute atomic E-state index is 11.8. The molecule has 0 aliphatic rings. The van der Waals surface area contributed by atoms with Crippen molar-refractivity contribution in [2.75, 3.05) is 5.32 Å². The van der Waals surface area contributed by atoms with Crippen molar-refractivity contribution in [3.8, 4) is 0 Å². The fraction of sp³-hybridized carbons (Fsp3) is 0.100. The van der Waals surface area contributed by atoms with E-state index in [1.807, 2.05) is 0 Å². The molecule has 0 atom stereocenters. The molecule has 7 nitrogen and oxygen atoms in total. The second-order valence-corrected chi connectivity index (χ2v) is 6.18. The van der Waals surface area contributed by atoms with E-state index in [4.69, 9.17) is 5.14 Å². The van der Waals surface area contributed by atoms with E-state index < -0.39 is 15.9 Å². The van der Waals surface area contributed by atoms with Gasteiger partial charge in [0.15, 0.2) is 0 Å². The number of aromatic nitrogens is 2. The number of primary sulfonamides is 1. The van der Waals surface area contributed by atoms with E-state index in [0.29, 0.717) is 5.56 Å². The van der Waals surface area contributed by atoms with Crippen molar-refractivity contribution in [2.24, 2.45) is 5.14 Å². The van der Waals surface area contributed by atoms with Crippen LogP contribution < -0.4 is 10.5 Å². The minimum Gasteiger partial charge on any atom is -0.290 e. The summed E-state index contributed by atoms with van der Waals surface area (Å²) in [6, 6.07) is 5.27. The van der Waals surface area contributed by atoms with Gasteiger partial charge in [0, 0.05) is 5.56 Å². The van der Waals surface area contributed by atoms with Crippen LogP contribution in [0.5, 0.6) is 0 Å². The minimum absolute atomic E-state index is 0.0494. The number of nitrogens with zero attached hydrogens (tertiary/aromatic N) is 2. The van der Waals surface area contributed by atoms with Gasteiger partial charge in [-0.1, -0.05) is 0 Å². The first-order valence-electron chi connectivity index (χ1n) is 5.11. The summed E-state index contributed by atoms with van der Waals surface area (Å²) in [4.78, 5) is 15.8. The van der Waals surface area contributed by atoms with Gasteiger partial charge in [-0.15, -0.1) is 0 Å². The largest absolute Gasteiger partial charge is 0.290 e. The highest BCUT2D eigenvalue weighted by atomic mass is 32.2. The lowest BCUT2D eigenvalue weighted by Gasteiger charge is -2.02. The molecule has 19 heavy (non-hydrogen) atoms. The highest BCUT2D eigenvalue weighted by molar-refractivity contribution is 7.89. The summed E-state index contributed by atoms with van der Waals surface area (Å²) in [5.74, 6) is -0.193. The van der Waals surface area contributed by atoms with Crippen LogP contribution in [-0.4, -0.2) is 23.7 Å². The Morgan fingerprint density at radius 2 is 1.95 bits per heavy atom. The van der Waals surface area contributed by atoms with Gasteiger partial charge in [-0.2, -0.15) is 4.37 Å². The molecule has 0 fully saturated rings. The van der Waals surface area contributed by atoms with E-state index in [0.717, 1.165) is 5.01 Å². The molecule has 3 N–H and O–H groups in total. The highest BCUT2D eigenvalue weighted by Crippen LogP contribution is 2.11. The molecule has 2 rings (SSSR count). The SMILES string of the molecule is Cc1nc(NC(=O)c2ccc(S(N)(=O)=O)cc2)ns1. The Bertz CT molecular complexity index is 707. The molecule has 0 saturated heterocycles. The molecule has 100 valence electrons. The van der Waals surface area contributed by atoms with Crippen molar-refractivity contribution in [2.45, 2.75) is 11.8 Å². The topological polar surface area (TPSA) is 115 Å². The molecular formula is C10H10N4O3S2. The lowest BCUT2D eigenvalue weighted by molar-refractivity contribution is 0.102. The Morgan fingerprint density at radius 3 is 2.42 bits per heavy atom. The van der Waals surface area contributed by atoms with Gasteiger partial charge in [-0.3, -0.25) is 10.1 Å². The number of amides is 1. The monoisotopic (exact) mass is 298 g/mol. The molecule has 1 aromatic carbocycles. The zero-order valence-electron chi connectivity index (χ0n) is 9.82. The van der Waals surface area contributed by atoms with Crippen LogP contribution in [-0.2, 0) is 10.0 Å². The standard InChI is InChI=1S/C10H10N4O3S2/c1-6-12-10(14-18-6)13-9(15)7-2-4-8(5-3-7)19(11,16)17/h2-5H,1H3,(H2,11,16,17)(H,13,14,15). The molecule has 0 aliphatic carbocycles. The van der Waals surface area contributed by atoms with Gasteiger partial charge in [-0.25, -0.2) is 18.5 Å². The van der Waals surface area contributed by atoms with Crippen molar-refractivity contribution in [3.63, 3.8) is 0 Å². The normalized spacial score (nSPS) is 11.3. The zero-order valence-corrected chi connectivity index (χ0v) is 11.5. The minimum atomic E-state index is -3.76. The summed E-state index contributed by atoms with van der Waals surface area (Å²) in [5.41, 5.74) is 0.292. The number of hydrogen-bond donors (Lipinski definition) is 2. The van der Waals surface area contributed by atoms with Crippen LogP contribution in [0.3, 0.4) is 0 Å². The van der Waals surface area contributed by atoms with Crippen molar-refractivity contribution in [3.05, 3.63) is 34.8 Å². The van der Waals surface area contributed by atoms with Gasteiger partial charge in [-0.05, 0) is 42.7 Å². The van der Waals surface area contributed by atoms with Crippen LogP contribution in [0.4, 0.5) is 5.95 Å². The van der Waals surface area contributed by atoms with Crippen LogP contribution in [0.2, 0.25) is 0 Å². The summed E-state index contributed by atoms with van der Waals surface area (Å²) in [6.07, 6.45) is 0. The molecule has 0 saturated carbocycles. The van der Waals surface area contributed by atoms with Gasteiger partial charge in [0.05, 0.1) is 4.90 Å². The molecule has 0 bridgehead atoms. The third-order valence-corrected chi connectivity index (χ3v) is 3.75. The number of anilines is 1. The lowest BCUT2D eigenvalue weighted by atomic mass is 10.2. The summed E-state index contributed by atoms with van der Waals surface area (Å²) >= 11 is 1.18. The number of benzene rings is 1. The van der Waals surface area contributed by atoms with Crippen LogP contribution in [0.25, 0.3) is 0 Å². The first kappa shape index (κ1) is 13.6. The molecule has 9 heteroatoms. The van der Waals surface area contributed by atoms with Gasteiger partial charge < -0.3 is 0 Å². The third-order valence-electron chi connectivity index (χ3n) is 2.20. The summed E-state index contributed by atoms with van der Waals surface area (Å²) in [5, 5.41) is 8.20. The van der Waals surface area contributed by atoms with E-state index in [-0.39, 0.29) is 10.8 Å². The number of carbonyl (C=O) groups excluding carboxylic acids is 1. The highest BCUT2D eigenvalue weighted by Gasteiger charge is 2.11. The Kier molecular flexibility index (Phi) is 3.60. The average Bonchev–Trinajstić information content (AvgIpc) is 2.74. The van der Waals surface area contributed by atoms with Crippen LogP contribution >= 0.6 is 11.5 Å². The molecule has 1 amide bonds. The van der Waals surface area contributed by atoms with Crippen LogP contribution in [0.1, 0.15) is 15.4 Å². The predicted molar refractivity (Wildman–Crippen MR) is 70.4 cm³/mol. The van der Waals surface area contributed by atoms with E-state index in [9.17, 15) is 13.2 Å². The maximum atomic E-state index is 11.8. The molecule has 0 radical (unpaired) electrons. The first-order chi connectivity index (χ1) is 8.86. The molecular weight excluding hydrogens is 288 g/mol. The van der Waals surface area contributed by atoms with Crippen molar-refractivity contribution in [1.82, 2.24) is 9.36 Å². The summed E-state index contributed by atoms with van der Waals surface area (Å²) < 4.78 is 26.1. The zero-order chi connectivity index (χ0) is 14.0. The van der Waals surface area contributed by atoms with Gasteiger partial charge in [0.1, 0.15) is 5.01 Å². The fourth-order valence-corrected chi connectivity index (χ4v) is 2.27. The van der Waals surface area contributed by atoms with E-state index in [2.05, 4.69) is 14.7 Å². The smallest absolute Gasteiger partial charge is 0.258 e. The fourth-order valence-electron chi connectivity index (χ4n) is 1.32. The number of aryl methyl sites for hydroxylation is 1.